The minimum Gasteiger partial charge on any atom is -0.487 e. The molecule has 7 heteroatoms. The summed E-state index contributed by atoms with van der Waals surface area (Å²) in [5.74, 6) is 1.30. The first kappa shape index (κ1) is 19.3. The SMILES string of the molecule is Cn1ccnc1[C@H](NCc1ccc(OCc2cscn2)cc1)c1ccccc1F. The first-order valence-electron chi connectivity index (χ1n) is 9.24. The van der Waals surface area contributed by atoms with Gasteiger partial charge < -0.3 is 9.30 Å². The van der Waals surface area contributed by atoms with Crippen LogP contribution in [0.2, 0.25) is 0 Å². The first-order chi connectivity index (χ1) is 14.2. The molecule has 2 aromatic heterocycles. The zero-order valence-corrected chi connectivity index (χ0v) is 16.8. The van der Waals surface area contributed by atoms with Crippen LogP contribution in [0.4, 0.5) is 4.39 Å². The molecule has 148 valence electrons. The molecule has 2 heterocycles. The highest BCUT2D eigenvalue weighted by Crippen LogP contribution is 2.24. The maximum absolute atomic E-state index is 14.4. The average Bonchev–Trinajstić information content (AvgIpc) is 3.41. The lowest BCUT2D eigenvalue weighted by atomic mass is 10.0. The molecule has 0 aliphatic heterocycles. The van der Waals surface area contributed by atoms with Crippen molar-refractivity contribution in [2.24, 2.45) is 7.05 Å². The molecule has 4 aromatic rings. The van der Waals surface area contributed by atoms with Gasteiger partial charge in [-0.15, -0.1) is 11.3 Å². The largest absolute Gasteiger partial charge is 0.487 e. The molecule has 1 N–H and O–H groups in total. The molecule has 0 fully saturated rings. The first-order valence-corrected chi connectivity index (χ1v) is 10.2. The normalized spacial score (nSPS) is 12.1. The molecule has 0 aliphatic rings. The van der Waals surface area contributed by atoms with Crippen LogP contribution in [-0.4, -0.2) is 14.5 Å². The summed E-state index contributed by atoms with van der Waals surface area (Å²) in [7, 11) is 1.91. The molecule has 5 nitrogen and oxygen atoms in total. The van der Waals surface area contributed by atoms with E-state index in [0.717, 1.165) is 22.8 Å². The molecular weight excluding hydrogens is 387 g/mol. The lowest BCUT2D eigenvalue weighted by Crippen LogP contribution is -2.25. The van der Waals surface area contributed by atoms with Crippen molar-refractivity contribution in [3.8, 4) is 5.75 Å². The average molecular weight is 409 g/mol. The van der Waals surface area contributed by atoms with Gasteiger partial charge >= 0.3 is 0 Å². The third-order valence-corrected chi connectivity index (χ3v) is 5.27. The monoisotopic (exact) mass is 408 g/mol. The van der Waals surface area contributed by atoms with Crippen LogP contribution in [0.5, 0.6) is 5.75 Å². The Morgan fingerprint density at radius 1 is 1.14 bits per heavy atom. The molecule has 29 heavy (non-hydrogen) atoms. The van der Waals surface area contributed by atoms with E-state index in [1.165, 1.54) is 6.07 Å². The van der Waals surface area contributed by atoms with E-state index >= 15 is 0 Å². The molecule has 0 amide bonds. The van der Waals surface area contributed by atoms with E-state index in [2.05, 4.69) is 15.3 Å². The van der Waals surface area contributed by atoms with Crippen LogP contribution in [0.15, 0.2) is 71.8 Å². The maximum atomic E-state index is 14.4. The highest BCUT2D eigenvalue weighted by molar-refractivity contribution is 7.07. The summed E-state index contributed by atoms with van der Waals surface area (Å²) in [6, 6.07) is 14.3. The number of thiazole rings is 1. The molecule has 4 rings (SSSR count). The fourth-order valence-electron chi connectivity index (χ4n) is 3.09. The van der Waals surface area contributed by atoms with Crippen molar-refractivity contribution in [2.45, 2.75) is 19.2 Å². The number of benzene rings is 2. The Kier molecular flexibility index (Phi) is 5.97. The highest BCUT2D eigenvalue weighted by atomic mass is 32.1. The van der Waals surface area contributed by atoms with Crippen molar-refractivity contribution >= 4 is 11.3 Å². The third kappa shape index (κ3) is 4.70. The van der Waals surface area contributed by atoms with Gasteiger partial charge in [0.15, 0.2) is 0 Å². The van der Waals surface area contributed by atoms with Crippen LogP contribution in [-0.2, 0) is 20.2 Å². The van der Waals surface area contributed by atoms with Gasteiger partial charge in [0.25, 0.3) is 0 Å². The molecule has 0 unspecified atom stereocenters. The van der Waals surface area contributed by atoms with E-state index < -0.39 is 0 Å². The van der Waals surface area contributed by atoms with Crippen LogP contribution < -0.4 is 10.1 Å². The summed E-state index contributed by atoms with van der Waals surface area (Å²) in [6.07, 6.45) is 3.58. The lowest BCUT2D eigenvalue weighted by molar-refractivity contribution is 0.302. The van der Waals surface area contributed by atoms with E-state index in [9.17, 15) is 4.39 Å². The number of nitrogens with one attached hydrogen (secondary N) is 1. The zero-order valence-electron chi connectivity index (χ0n) is 16.0. The van der Waals surface area contributed by atoms with Gasteiger partial charge in [-0.05, 0) is 23.8 Å². The van der Waals surface area contributed by atoms with Crippen molar-refractivity contribution in [2.75, 3.05) is 0 Å². The Morgan fingerprint density at radius 3 is 2.66 bits per heavy atom. The van der Waals surface area contributed by atoms with E-state index in [4.69, 9.17) is 4.74 Å². The van der Waals surface area contributed by atoms with Gasteiger partial charge in [-0.3, -0.25) is 5.32 Å². The van der Waals surface area contributed by atoms with E-state index in [0.29, 0.717) is 18.7 Å². The van der Waals surface area contributed by atoms with Crippen molar-refractivity contribution in [3.63, 3.8) is 0 Å². The summed E-state index contributed by atoms with van der Waals surface area (Å²) in [5.41, 5.74) is 4.36. The van der Waals surface area contributed by atoms with Crippen molar-refractivity contribution in [1.82, 2.24) is 19.9 Å². The predicted molar refractivity (Wildman–Crippen MR) is 111 cm³/mol. The molecule has 0 spiro atoms. The Balaban J connectivity index is 1.45. The fourth-order valence-corrected chi connectivity index (χ4v) is 3.64. The molecule has 0 bridgehead atoms. The van der Waals surface area contributed by atoms with Gasteiger partial charge in [0.1, 0.15) is 24.0 Å². The predicted octanol–water partition coefficient (Wildman–Crippen LogP) is 4.47. The zero-order chi connectivity index (χ0) is 20.1. The van der Waals surface area contributed by atoms with Crippen LogP contribution >= 0.6 is 11.3 Å². The second kappa shape index (κ2) is 8.98. The van der Waals surface area contributed by atoms with Gasteiger partial charge in [-0.2, -0.15) is 0 Å². The molecule has 0 saturated carbocycles. The Labute approximate surface area is 172 Å². The number of hydrogen-bond acceptors (Lipinski definition) is 5. The molecule has 0 radical (unpaired) electrons. The van der Waals surface area contributed by atoms with E-state index in [-0.39, 0.29) is 11.9 Å². The summed E-state index contributed by atoms with van der Waals surface area (Å²) >= 11 is 1.55. The van der Waals surface area contributed by atoms with Crippen LogP contribution in [0.1, 0.15) is 28.7 Å². The van der Waals surface area contributed by atoms with Gasteiger partial charge in [0.2, 0.25) is 0 Å². The second-order valence-corrected chi connectivity index (χ2v) is 7.36. The molecule has 0 saturated heterocycles. The lowest BCUT2D eigenvalue weighted by Gasteiger charge is -2.20. The highest BCUT2D eigenvalue weighted by Gasteiger charge is 2.20. The van der Waals surface area contributed by atoms with E-state index in [1.807, 2.05) is 53.5 Å². The summed E-state index contributed by atoms with van der Waals surface area (Å²) in [6.45, 7) is 1.02. The summed E-state index contributed by atoms with van der Waals surface area (Å²) < 4.78 is 22.1. The number of rotatable bonds is 8. The number of imidazole rings is 1. The number of hydrogen-bond donors (Lipinski definition) is 1. The third-order valence-electron chi connectivity index (χ3n) is 4.64. The van der Waals surface area contributed by atoms with Crippen molar-refractivity contribution in [1.29, 1.82) is 0 Å². The van der Waals surface area contributed by atoms with Crippen molar-refractivity contribution < 1.29 is 9.13 Å². The summed E-state index contributed by atoms with van der Waals surface area (Å²) in [4.78, 5) is 8.63. The molecule has 1 atom stereocenters. The van der Waals surface area contributed by atoms with Gasteiger partial charge in [-0.25, -0.2) is 14.4 Å². The number of halogens is 1. The molecule has 0 aliphatic carbocycles. The Morgan fingerprint density at radius 2 is 1.97 bits per heavy atom. The maximum Gasteiger partial charge on any atom is 0.131 e. The minimum atomic E-state index is -0.350. The topological polar surface area (TPSA) is 52.0 Å². The number of aromatic nitrogens is 3. The Bertz CT molecular complexity index is 1050. The molecule has 2 aromatic carbocycles. The Hall–Kier alpha value is -3.03. The van der Waals surface area contributed by atoms with Gasteiger partial charge in [0.05, 0.1) is 17.2 Å². The summed E-state index contributed by atoms with van der Waals surface area (Å²) in [5, 5.41) is 5.41. The van der Waals surface area contributed by atoms with Gasteiger partial charge in [-0.1, -0.05) is 30.3 Å². The minimum absolute atomic E-state index is 0.251. The second-order valence-electron chi connectivity index (χ2n) is 6.64. The van der Waals surface area contributed by atoms with Gasteiger partial charge in [0, 0.05) is 36.9 Å². The van der Waals surface area contributed by atoms with Crippen LogP contribution in [0, 0.1) is 5.82 Å². The number of nitrogens with zero attached hydrogens (tertiary/aromatic N) is 3. The fraction of sp³-hybridized carbons (Fsp3) is 0.182. The smallest absolute Gasteiger partial charge is 0.131 e. The van der Waals surface area contributed by atoms with Crippen LogP contribution in [0.25, 0.3) is 0 Å². The quantitative estimate of drug-likeness (QED) is 0.467. The van der Waals surface area contributed by atoms with E-state index in [1.54, 1.807) is 35.2 Å². The van der Waals surface area contributed by atoms with Crippen LogP contribution in [0.3, 0.4) is 0 Å². The standard InChI is InChI=1S/C22H21FN4OS/c1-27-11-10-24-22(27)21(19-4-2-3-5-20(19)23)25-12-16-6-8-18(9-7-16)28-13-17-14-29-15-26-17/h2-11,14-15,21,25H,12-13H2,1H3/t21-/m1/s1. The molecular formula is C22H21FN4OS. The number of aryl methyl sites for hydroxylation is 1. The van der Waals surface area contributed by atoms with Crippen molar-refractivity contribution in [3.05, 3.63) is 100 Å². The number of ether oxygens (including phenoxy) is 1.